The van der Waals surface area contributed by atoms with Crippen molar-refractivity contribution in [2.24, 2.45) is 23.5 Å². The van der Waals surface area contributed by atoms with Gasteiger partial charge in [-0.3, -0.25) is 4.79 Å². The van der Waals surface area contributed by atoms with E-state index in [0.717, 1.165) is 32.4 Å². The van der Waals surface area contributed by atoms with Crippen molar-refractivity contribution >= 4 is 5.91 Å². The Hall–Kier alpha value is -0.610. The highest BCUT2D eigenvalue weighted by molar-refractivity contribution is 5.79. The third kappa shape index (κ3) is 4.19. The first-order chi connectivity index (χ1) is 9.58. The van der Waals surface area contributed by atoms with Crippen molar-refractivity contribution in [1.29, 1.82) is 0 Å². The zero-order chi connectivity index (χ0) is 14.5. The Kier molecular flexibility index (Phi) is 5.85. The van der Waals surface area contributed by atoms with E-state index in [1.54, 1.807) is 0 Å². The fourth-order valence-corrected chi connectivity index (χ4v) is 3.62. The van der Waals surface area contributed by atoms with Crippen LogP contribution >= 0.6 is 0 Å². The van der Waals surface area contributed by atoms with Crippen LogP contribution in [0.2, 0.25) is 0 Å². The summed E-state index contributed by atoms with van der Waals surface area (Å²) in [5.41, 5.74) is 6.19. The van der Waals surface area contributed by atoms with Crippen LogP contribution in [0.5, 0.6) is 0 Å². The van der Waals surface area contributed by atoms with Crippen molar-refractivity contribution in [2.75, 3.05) is 26.2 Å². The predicted octanol–water partition coefficient (Wildman–Crippen LogP) is 1.60. The van der Waals surface area contributed by atoms with Gasteiger partial charge in [-0.25, -0.2) is 0 Å². The monoisotopic (exact) mass is 281 g/mol. The van der Waals surface area contributed by atoms with Crippen molar-refractivity contribution in [1.82, 2.24) is 10.2 Å². The van der Waals surface area contributed by atoms with Crippen molar-refractivity contribution in [3.8, 4) is 0 Å². The Balaban J connectivity index is 1.70. The van der Waals surface area contributed by atoms with Gasteiger partial charge in [0.15, 0.2) is 0 Å². The molecule has 4 nitrogen and oxygen atoms in total. The van der Waals surface area contributed by atoms with Gasteiger partial charge < -0.3 is 16.0 Å². The van der Waals surface area contributed by atoms with Crippen LogP contribution in [-0.4, -0.2) is 43.0 Å². The molecular formula is C16H31N3O. The van der Waals surface area contributed by atoms with Crippen molar-refractivity contribution in [2.45, 2.75) is 52.0 Å². The van der Waals surface area contributed by atoms with Gasteiger partial charge in [-0.15, -0.1) is 0 Å². The molecule has 1 saturated carbocycles. The second-order valence-corrected chi connectivity index (χ2v) is 6.95. The zero-order valence-corrected chi connectivity index (χ0v) is 13.1. The molecule has 3 N–H and O–H groups in total. The van der Waals surface area contributed by atoms with E-state index in [-0.39, 0.29) is 17.9 Å². The lowest BCUT2D eigenvalue weighted by atomic mass is 9.78. The van der Waals surface area contributed by atoms with Crippen molar-refractivity contribution in [3.05, 3.63) is 0 Å². The van der Waals surface area contributed by atoms with Gasteiger partial charge in [0.25, 0.3) is 0 Å². The lowest BCUT2D eigenvalue weighted by molar-refractivity contribution is -0.127. The van der Waals surface area contributed by atoms with E-state index >= 15 is 0 Å². The number of rotatable bonds is 5. The molecule has 0 aromatic heterocycles. The Morgan fingerprint density at radius 3 is 2.70 bits per heavy atom. The van der Waals surface area contributed by atoms with E-state index in [1.807, 2.05) is 0 Å². The van der Waals surface area contributed by atoms with Crippen molar-refractivity contribution in [3.63, 3.8) is 0 Å². The Morgan fingerprint density at radius 1 is 1.30 bits per heavy atom. The van der Waals surface area contributed by atoms with Crippen LogP contribution in [0.1, 0.15) is 46.0 Å². The maximum atomic E-state index is 12.3. The molecule has 0 aromatic carbocycles. The lowest BCUT2D eigenvalue weighted by Crippen LogP contribution is -2.48. The van der Waals surface area contributed by atoms with Crippen LogP contribution in [0, 0.1) is 17.8 Å². The average molecular weight is 281 g/mol. The van der Waals surface area contributed by atoms with Gasteiger partial charge in [0.1, 0.15) is 0 Å². The maximum absolute atomic E-state index is 12.3. The van der Waals surface area contributed by atoms with E-state index < -0.39 is 0 Å². The van der Waals surface area contributed by atoms with Crippen molar-refractivity contribution < 1.29 is 4.79 Å². The number of carbonyl (C=O) groups excluding carboxylic acids is 1. The standard InChI is InChI=1S/C16H31N3O/c1-12(11-19-8-3-4-9-19)10-18-16(20)14-7-5-6-13(2)15(14)17/h12-15H,3-11,17H2,1-2H3,(H,18,20). The number of hydrogen-bond donors (Lipinski definition) is 2. The maximum Gasteiger partial charge on any atom is 0.224 e. The van der Waals surface area contributed by atoms with Crippen LogP contribution in [0.4, 0.5) is 0 Å². The van der Waals surface area contributed by atoms with E-state index in [1.165, 1.54) is 25.9 Å². The first-order valence-electron chi connectivity index (χ1n) is 8.33. The molecule has 1 saturated heterocycles. The summed E-state index contributed by atoms with van der Waals surface area (Å²) in [6.45, 7) is 8.73. The van der Waals surface area contributed by atoms with Crippen LogP contribution in [-0.2, 0) is 4.79 Å². The molecule has 0 spiro atoms. The molecule has 1 heterocycles. The fourth-order valence-electron chi connectivity index (χ4n) is 3.62. The van der Waals surface area contributed by atoms with Crippen LogP contribution < -0.4 is 11.1 Å². The number of likely N-dealkylation sites (tertiary alicyclic amines) is 1. The topological polar surface area (TPSA) is 58.4 Å². The summed E-state index contributed by atoms with van der Waals surface area (Å²) < 4.78 is 0. The van der Waals surface area contributed by atoms with Crippen LogP contribution in [0.3, 0.4) is 0 Å². The van der Waals surface area contributed by atoms with Crippen LogP contribution in [0.25, 0.3) is 0 Å². The summed E-state index contributed by atoms with van der Waals surface area (Å²) >= 11 is 0. The Labute approximate surface area is 123 Å². The molecule has 4 heteroatoms. The second kappa shape index (κ2) is 7.41. The smallest absolute Gasteiger partial charge is 0.224 e. The molecule has 0 aromatic rings. The van der Waals surface area contributed by atoms with E-state index in [9.17, 15) is 4.79 Å². The van der Waals surface area contributed by atoms with Crippen LogP contribution in [0.15, 0.2) is 0 Å². The highest BCUT2D eigenvalue weighted by Gasteiger charge is 2.32. The predicted molar refractivity (Wildman–Crippen MR) is 82.3 cm³/mol. The quantitative estimate of drug-likeness (QED) is 0.805. The summed E-state index contributed by atoms with van der Waals surface area (Å²) in [7, 11) is 0. The van der Waals surface area contributed by atoms with E-state index in [4.69, 9.17) is 5.73 Å². The summed E-state index contributed by atoms with van der Waals surface area (Å²) in [5, 5.41) is 3.13. The van der Waals surface area contributed by atoms with Gasteiger partial charge in [0.2, 0.25) is 5.91 Å². The molecule has 20 heavy (non-hydrogen) atoms. The molecule has 4 unspecified atom stereocenters. The molecule has 2 fully saturated rings. The average Bonchev–Trinajstić information content (AvgIpc) is 2.92. The Bertz CT molecular complexity index is 315. The number of nitrogens with two attached hydrogens (primary N) is 1. The third-order valence-electron chi connectivity index (χ3n) is 5.03. The second-order valence-electron chi connectivity index (χ2n) is 6.95. The summed E-state index contributed by atoms with van der Waals surface area (Å²) in [5.74, 6) is 1.20. The number of nitrogens with one attached hydrogen (secondary N) is 1. The Morgan fingerprint density at radius 2 is 2.00 bits per heavy atom. The zero-order valence-electron chi connectivity index (χ0n) is 13.1. The summed E-state index contributed by atoms with van der Waals surface area (Å²) in [4.78, 5) is 14.8. The molecule has 0 radical (unpaired) electrons. The molecular weight excluding hydrogens is 250 g/mol. The first-order valence-corrected chi connectivity index (χ1v) is 8.33. The normalized spacial score (nSPS) is 33.0. The minimum absolute atomic E-state index is 0.0257. The molecule has 2 rings (SSSR count). The van der Waals surface area contributed by atoms with Gasteiger partial charge in [0, 0.05) is 19.1 Å². The van der Waals surface area contributed by atoms with E-state index in [0.29, 0.717) is 11.8 Å². The molecule has 116 valence electrons. The number of carbonyl (C=O) groups is 1. The lowest BCUT2D eigenvalue weighted by Gasteiger charge is -2.33. The summed E-state index contributed by atoms with van der Waals surface area (Å²) in [6.07, 6.45) is 5.91. The third-order valence-corrected chi connectivity index (χ3v) is 5.03. The van der Waals surface area contributed by atoms with Gasteiger partial charge in [-0.05, 0) is 50.6 Å². The van der Waals surface area contributed by atoms with Gasteiger partial charge >= 0.3 is 0 Å². The van der Waals surface area contributed by atoms with Gasteiger partial charge in [-0.2, -0.15) is 0 Å². The largest absolute Gasteiger partial charge is 0.355 e. The SMILES string of the molecule is CC(CNC(=O)C1CCCC(C)C1N)CN1CCCC1. The van der Waals surface area contributed by atoms with Gasteiger partial charge in [0.05, 0.1) is 5.92 Å². The fraction of sp³-hybridized carbons (Fsp3) is 0.938. The molecule has 4 atom stereocenters. The molecule has 0 bridgehead atoms. The van der Waals surface area contributed by atoms with Gasteiger partial charge in [-0.1, -0.05) is 20.3 Å². The minimum Gasteiger partial charge on any atom is -0.355 e. The highest BCUT2D eigenvalue weighted by atomic mass is 16.1. The number of amides is 1. The molecule has 1 amide bonds. The molecule has 2 aliphatic rings. The van der Waals surface area contributed by atoms with E-state index in [2.05, 4.69) is 24.1 Å². The molecule has 1 aliphatic heterocycles. The highest BCUT2D eigenvalue weighted by Crippen LogP contribution is 2.27. The molecule has 1 aliphatic carbocycles. The number of hydrogen-bond acceptors (Lipinski definition) is 3. The first kappa shape index (κ1) is 15.8. The number of nitrogens with zero attached hydrogens (tertiary/aromatic N) is 1. The minimum atomic E-state index is 0.0257. The summed E-state index contributed by atoms with van der Waals surface area (Å²) in [6, 6.07) is 0.0395.